The summed E-state index contributed by atoms with van der Waals surface area (Å²) >= 11 is 0. The predicted octanol–water partition coefficient (Wildman–Crippen LogP) is 3.38. The Morgan fingerprint density at radius 2 is 2.12 bits per heavy atom. The first kappa shape index (κ1) is 15.4. The van der Waals surface area contributed by atoms with Crippen LogP contribution in [0.15, 0.2) is 24.8 Å². The highest BCUT2D eigenvalue weighted by atomic mass is 16.5. The van der Waals surface area contributed by atoms with Crippen molar-refractivity contribution in [1.82, 2.24) is 0 Å². The van der Waals surface area contributed by atoms with E-state index >= 15 is 0 Å². The summed E-state index contributed by atoms with van der Waals surface area (Å²) in [5, 5.41) is 8.82. The molecule has 0 aromatic carbocycles. The van der Waals surface area contributed by atoms with E-state index in [4.69, 9.17) is 10.00 Å². The average Bonchev–Trinajstić information content (AvgIpc) is 2.33. The number of allylic oxidation sites excluding steroid dienone is 3. The highest BCUT2D eigenvalue weighted by Crippen LogP contribution is 2.10. The lowest BCUT2D eigenvalue weighted by molar-refractivity contribution is -0.146. The monoisotopic (exact) mass is 235 g/mol. The fourth-order valence-electron chi connectivity index (χ4n) is 1.37. The quantitative estimate of drug-likeness (QED) is 0.350. The second kappa shape index (κ2) is 10.9. The Balaban J connectivity index is 3.70. The third kappa shape index (κ3) is 8.27. The van der Waals surface area contributed by atoms with Crippen molar-refractivity contribution in [3.63, 3.8) is 0 Å². The van der Waals surface area contributed by atoms with E-state index in [0.29, 0.717) is 13.0 Å². The first-order chi connectivity index (χ1) is 8.26. The number of hydrogen-bond donors (Lipinski definition) is 0. The zero-order chi connectivity index (χ0) is 12.9. The molecule has 0 aromatic rings. The van der Waals surface area contributed by atoms with Crippen molar-refractivity contribution in [1.29, 1.82) is 5.26 Å². The highest BCUT2D eigenvalue weighted by Gasteiger charge is 2.17. The summed E-state index contributed by atoms with van der Waals surface area (Å²) in [4.78, 5) is 11.3. The number of esters is 1. The van der Waals surface area contributed by atoms with Crippen LogP contribution in [-0.2, 0) is 9.53 Å². The predicted molar refractivity (Wildman–Crippen MR) is 68.2 cm³/mol. The van der Waals surface area contributed by atoms with Crippen LogP contribution in [0.1, 0.15) is 39.0 Å². The van der Waals surface area contributed by atoms with Crippen LogP contribution in [0.4, 0.5) is 0 Å². The Kier molecular flexibility index (Phi) is 9.94. The largest absolute Gasteiger partial charge is 0.465 e. The minimum Gasteiger partial charge on any atom is -0.465 e. The molecule has 0 spiro atoms. The Labute approximate surface area is 104 Å². The Morgan fingerprint density at radius 3 is 2.71 bits per heavy atom. The van der Waals surface area contributed by atoms with Crippen LogP contribution in [0.3, 0.4) is 0 Å². The lowest BCUT2D eigenvalue weighted by atomic mass is 10.0. The van der Waals surface area contributed by atoms with Crippen molar-refractivity contribution in [2.24, 2.45) is 5.92 Å². The molecule has 0 fully saturated rings. The third-order valence-electron chi connectivity index (χ3n) is 2.29. The van der Waals surface area contributed by atoms with Gasteiger partial charge in [0.1, 0.15) is 5.92 Å². The van der Waals surface area contributed by atoms with E-state index < -0.39 is 11.9 Å². The standard InChI is InChI=1S/C14H21NO2/c1-3-5-6-7-8-9-10-11-13(12-15)14(16)17-4-2/h3,7-8,13H,1,4-6,9-11H2,2H3/b8-7+. The number of nitriles is 1. The van der Waals surface area contributed by atoms with Crippen LogP contribution in [0.5, 0.6) is 0 Å². The van der Waals surface area contributed by atoms with E-state index in [2.05, 4.69) is 18.7 Å². The topological polar surface area (TPSA) is 50.1 Å². The lowest BCUT2D eigenvalue weighted by Crippen LogP contribution is -2.15. The van der Waals surface area contributed by atoms with Gasteiger partial charge < -0.3 is 4.74 Å². The molecule has 0 rings (SSSR count). The maximum absolute atomic E-state index is 11.3. The highest BCUT2D eigenvalue weighted by molar-refractivity contribution is 5.75. The molecular formula is C14H21NO2. The summed E-state index contributed by atoms with van der Waals surface area (Å²) < 4.78 is 4.81. The minimum atomic E-state index is -0.614. The summed E-state index contributed by atoms with van der Waals surface area (Å²) in [7, 11) is 0. The minimum absolute atomic E-state index is 0.332. The van der Waals surface area contributed by atoms with Gasteiger partial charge in [0, 0.05) is 0 Å². The molecule has 0 radical (unpaired) electrons. The molecule has 0 amide bonds. The van der Waals surface area contributed by atoms with E-state index in [-0.39, 0.29) is 0 Å². The summed E-state index contributed by atoms with van der Waals surface area (Å²) in [6.07, 6.45) is 10.4. The molecule has 0 aliphatic rings. The van der Waals surface area contributed by atoms with Gasteiger partial charge in [-0.1, -0.05) is 18.2 Å². The smallest absolute Gasteiger partial charge is 0.323 e. The van der Waals surface area contributed by atoms with E-state index in [1.807, 2.05) is 12.1 Å². The normalized spacial score (nSPS) is 12.0. The SMILES string of the molecule is C=CCC/C=C/CCCC(C#N)C(=O)OCC. The van der Waals surface area contributed by atoms with Crippen LogP contribution in [0.2, 0.25) is 0 Å². The van der Waals surface area contributed by atoms with Gasteiger partial charge >= 0.3 is 5.97 Å². The molecule has 1 atom stereocenters. The molecule has 94 valence electrons. The van der Waals surface area contributed by atoms with Gasteiger partial charge in [0.2, 0.25) is 0 Å². The molecule has 3 heteroatoms. The van der Waals surface area contributed by atoms with Crippen molar-refractivity contribution in [2.45, 2.75) is 39.0 Å². The molecule has 0 N–H and O–H groups in total. The van der Waals surface area contributed by atoms with Crippen molar-refractivity contribution in [2.75, 3.05) is 6.61 Å². The van der Waals surface area contributed by atoms with E-state index in [1.54, 1.807) is 6.92 Å². The molecule has 1 unspecified atom stereocenters. The number of carbonyl (C=O) groups excluding carboxylic acids is 1. The molecule has 17 heavy (non-hydrogen) atoms. The van der Waals surface area contributed by atoms with Crippen molar-refractivity contribution >= 4 is 5.97 Å². The van der Waals surface area contributed by atoms with Crippen molar-refractivity contribution in [3.05, 3.63) is 24.8 Å². The first-order valence-electron chi connectivity index (χ1n) is 6.08. The molecule has 0 saturated heterocycles. The van der Waals surface area contributed by atoms with E-state index in [0.717, 1.165) is 25.7 Å². The van der Waals surface area contributed by atoms with Crippen LogP contribution in [-0.4, -0.2) is 12.6 Å². The van der Waals surface area contributed by atoms with Crippen LogP contribution in [0.25, 0.3) is 0 Å². The zero-order valence-corrected chi connectivity index (χ0v) is 10.5. The number of ether oxygens (including phenoxy) is 1. The number of carbonyl (C=O) groups is 1. The van der Waals surface area contributed by atoms with Gasteiger partial charge in [-0.25, -0.2) is 0 Å². The fourth-order valence-corrected chi connectivity index (χ4v) is 1.37. The molecule has 0 aliphatic heterocycles. The van der Waals surface area contributed by atoms with Gasteiger partial charge in [0.05, 0.1) is 12.7 Å². The summed E-state index contributed by atoms with van der Waals surface area (Å²) in [6, 6.07) is 1.99. The maximum Gasteiger partial charge on any atom is 0.323 e. The third-order valence-corrected chi connectivity index (χ3v) is 2.29. The van der Waals surface area contributed by atoms with Gasteiger partial charge in [0.25, 0.3) is 0 Å². The maximum atomic E-state index is 11.3. The summed E-state index contributed by atoms with van der Waals surface area (Å²) in [5.41, 5.74) is 0. The van der Waals surface area contributed by atoms with Crippen molar-refractivity contribution < 1.29 is 9.53 Å². The Bertz CT molecular complexity index is 289. The first-order valence-corrected chi connectivity index (χ1v) is 6.08. The molecule has 0 bridgehead atoms. The average molecular weight is 235 g/mol. The van der Waals surface area contributed by atoms with Gasteiger partial charge in [-0.05, 0) is 39.0 Å². The molecule has 0 heterocycles. The fraction of sp³-hybridized carbons (Fsp3) is 0.571. The number of nitrogens with zero attached hydrogens (tertiary/aromatic N) is 1. The number of hydrogen-bond acceptors (Lipinski definition) is 3. The number of unbranched alkanes of at least 4 members (excludes halogenated alkanes) is 2. The summed E-state index contributed by atoms with van der Waals surface area (Å²) in [5.74, 6) is -1.01. The van der Waals surface area contributed by atoms with E-state index in [1.165, 1.54) is 0 Å². The van der Waals surface area contributed by atoms with Gasteiger partial charge in [-0.2, -0.15) is 5.26 Å². The Hall–Kier alpha value is -1.56. The van der Waals surface area contributed by atoms with E-state index in [9.17, 15) is 4.79 Å². The molecule has 3 nitrogen and oxygen atoms in total. The lowest BCUT2D eigenvalue weighted by Gasteiger charge is -2.06. The molecule has 0 aromatic heterocycles. The molecule has 0 saturated carbocycles. The van der Waals surface area contributed by atoms with Crippen LogP contribution >= 0.6 is 0 Å². The van der Waals surface area contributed by atoms with Gasteiger partial charge in [0.15, 0.2) is 0 Å². The number of rotatable bonds is 9. The van der Waals surface area contributed by atoms with Gasteiger partial charge in [-0.3, -0.25) is 4.79 Å². The molecular weight excluding hydrogens is 214 g/mol. The van der Waals surface area contributed by atoms with Crippen LogP contribution < -0.4 is 0 Å². The second-order valence-electron chi connectivity index (χ2n) is 3.70. The summed E-state index contributed by atoms with van der Waals surface area (Å²) in [6.45, 7) is 5.72. The Morgan fingerprint density at radius 1 is 1.41 bits per heavy atom. The van der Waals surface area contributed by atoms with Crippen LogP contribution in [0, 0.1) is 17.2 Å². The van der Waals surface area contributed by atoms with Gasteiger partial charge in [-0.15, -0.1) is 6.58 Å². The zero-order valence-electron chi connectivity index (χ0n) is 10.5. The van der Waals surface area contributed by atoms with Crippen molar-refractivity contribution in [3.8, 4) is 6.07 Å². The molecule has 0 aliphatic carbocycles. The second-order valence-corrected chi connectivity index (χ2v) is 3.70.